The van der Waals surface area contributed by atoms with Crippen LogP contribution in [0.15, 0.2) is 24.3 Å². The van der Waals surface area contributed by atoms with Gasteiger partial charge in [-0.1, -0.05) is 13.0 Å². The largest absolute Gasteiger partial charge is 0.471 e. The molecule has 104 valence electrons. The minimum absolute atomic E-state index is 0.0309. The first kappa shape index (κ1) is 15.0. The second-order valence-electron chi connectivity index (χ2n) is 3.83. The molecule has 0 aliphatic heterocycles. The van der Waals surface area contributed by atoms with Crippen molar-refractivity contribution < 1.29 is 22.8 Å². The van der Waals surface area contributed by atoms with Gasteiger partial charge in [-0.15, -0.1) is 0 Å². The maximum absolute atomic E-state index is 12.1. The van der Waals surface area contributed by atoms with Crippen LogP contribution in [0.25, 0.3) is 0 Å². The lowest BCUT2D eigenvalue weighted by molar-refractivity contribution is -0.167. The number of carbonyl (C=O) groups excluding carboxylic acids is 2. The number of amides is 2. The Morgan fingerprint density at radius 1 is 1.16 bits per heavy atom. The fourth-order valence-corrected chi connectivity index (χ4v) is 1.33. The number of alkyl halides is 3. The van der Waals surface area contributed by atoms with Gasteiger partial charge in [-0.2, -0.15) is 13.2 Å². The van der Waals surface area contributed by atoms with Crippen LogP contribution in [0.1, 0.15) is 19.8 Å². The molecular formula is C12H13F3N2O2. The average molecular weight is 274 g/mol. The number of carbonyl (C=O) groups is 2. The number of halogens is 3. The minimum Gasteiger partial charge on any atom is -0.326 e. The van der Waals surface area contributed by atoms with Crippen molar-refractivity contribution in [2.75, 3.05) is 10.6 Å². The van der Waals surface area contributed by atoms with Crippen molar-refractivity contribution in [1.82, 2.24) is 0 Å². The van der Waals surface area contributed by atoms with E-state index in [2.05, 4.69) is 5.32 Å². The zero-order valence-electron chi connectivity index (χ0n) is 10.2. The topological polar surface area (TPSA) is 58.2 Å². The second kappa shape index (κ2) is 6.21. The van der Waals surface area contributed by atoms with Crippen LogP contribution in [0.2, 0.25) is 0 Å². The molecule has 7 heteroatoms. The maximum atomic E-state index is 12.1. The van der Waals surface area contributed by atoms with Gasteiger partial charge in [0.15, 0.2) is 0 Å². The molecule has 0 unspecified atom stereocenters. The molecule has 2 amide bonds. The quantitative estimate of drug-likeness (QED) is 0.886. The van der Waals surface area contributed by atoms with Crippen molar-refractivity contribution >= 4 is 23.2 Å². The molecule has 0 saturated heterocycles. The number of hydrogen-bond acceptors (Lipinski definition) is 2. The Morgan fingerprint density at radius 3 is 2.26 bits per heavy atom. The van der Waals surface area contributed by atoms with Gasteiger partial charge < -0.3 is 10.6 Å². The van der Waals surface area contributed by atoms with Crippen LogP contribution in [-0.4, -0.2) is 18.0 Å². The van der Waals surface area contributed by atoms with Crippen molar-refractivity contribution in [3.8, 4) is 0 Å². The highest BCUT2D eigenvalue weighted by Crippen LogP contribution is 2.20. The molecule has 0 aliphatic rings. The summed E-state index contributed by atoms with van der Waals surface area (Å²) >= 11 is 0. The van der Waals surface area contributed by atoms with E-state index in [-0.39, 0.29) is 11.6 Å². The van der Waals surface area contributed by atoms with Crippen LogP contribution in [0, 0.1) is 0 Å². The molecule has 1 rings (SSSR count). The monoisotopic (exact) mass is 274 g/mol. The van der Waals surface area contributed by atoms with Gasteiger partial charge in [0.25, 0.3) is 0 Å². The first-order valence-corrected chi connectivity index (χ1v) is 5.61. The molecule has 0 spiro atoms. The molecule has 2 N–H and O–H groups in total. The first-order chi connectivity index (χ1) is 8.82. The molecular weight excluding hydrogens is 261 g/mol. The number of nitrogens with one attached hydrogen (secondary N) is 2. The average Bonchev–Trinajstić information content (AvgIpc) is 2.28. The van der Waals surface area contributed by atoms with E-state index in [0.29, 0.717) is 18.5 Å². The van der Waals surface area contributed by atoms with E-state index in [9.17, 15) is 22.8 Å². The number of hydrogen-bond donors (Lipinski definition) is 2. The fraction of sp³-hybridized carbons (Fsp3) is 0.333. The lowest BCUT2D eigenvalue weighted by Gasteiger charge is -2.10. The number of anilines is 2. The summed E-state index contributed by atoms with van der Waals surface area (Å²) in [4.78, 5) is 22.1. The molecule has 0 aliphatic carbocycles. The normalized spacial score (nSPS) is 10.9. The summed E-state index contributed by atoms with van der Waals surface area (Å²) in [6.07, 6.45) is -3.96. The highest BCUT2D eigenvalue weighted by molar-refractivity contribution is 5.96. The molecule has 0 saturated carbocycles. The summed E-state index contributed by atoms with van der Waals surface area (Å²) in [5, 5.41) is 4.24. The fourth-order valence-electron chi connectivity index (χ4n) is 1.33. The van der Waals surface area contributed by atoms with Crippen molar-refractivity contribution in [3.63, 3.8) is 0 Å². The third-order valence-electron chi connectivity index (χ3n) is 2.14. The molecule has 0 radical (unpaired) electrons. The summed E-state index contributed by atoms with van der Waals surface area (Å²) in [5.41, 5.74) is 0.301. The van der Waals surface area contributed by atoms with E-state index < -0.39 is 12.1 Å². The van der Waals surface area contributed by atoms with Crippen molar-refractivity contribution in [2.24, 2.45) is 0 Å². The van der Waals surface area contributed by atoms with E-state index in [1.54, 1.807) is 5.32 Å². The molecule has 0 aromatic heterocycles. The Balaban J connectivity index is 2.72. The highest BCUT2D eigenvalue weighted by atomic mass is 19.4. The van der Waals surface area contributed by atoms with E-state index in [1.807, 2.05) is 6.92 Å². The highest BCUT2D eigenvalue weighted by Gasteiger charge is 2.38. The lowest BCUT2D eigenvalue weighted by Crippen LogP contribution is -2.29. The van der Waals surface area contributed by atoms with Crippen molar-refractivity contribution in [1.29, 1.82) is 0 Å². The van der Waals surface area contributed by atoms with E-state index >= 15 is 0 Å². The van der Waals surface area contributed by atoms with Gasteiger partial charge in [0.05, 0.1) is 0 Å². The van der Waals surface area contributed by atoms with Gasteiger partial charge in [0.2, 0.25) is 5.91 Å². The SMILES string of the molecule is CCCC(=O)Nc1cccc(NC(=O)C(F)(F)F)c1. The van der Waals surface area contributed by atoms with Crippen LogP contribution < -0.4 is 10.6 Å². The van der Waals surface area contributed by atoms with Crippen LogP contribution >= 0.6 is 0 Å². The van der Waals surface area contributed by atoms with Gasteiger partial charge >= 0.3 is 12.1 Å². The number of benzene rings is 1. The van der Waals surface area contributed by atoms with Crippen LogP contribution in [0.5, 0.6) is 0 Å². The third kappa shape index (κ3) is 4.99. The zero-order chi connectivity index (χ0) is 14.5. The lowest BCUT2D eigenvalue weighted by atomic mass is 10.2. The van der Waals surface area contributed by atoms with E-state index in [4.69, 9.17) is 0 Å². The molecule has 1 aromatic rings. The Morgan fingerprint density at radius 2 is 1.74 bits per heavy atom. The third-order valence-corrected chi connectivity index (χ3v) is 2.14. The van der Waals surface area contributed by atoms with Crippen LogP contribution in [0.4, 0.5) is 24.5 Å². The standard InChI is InChI=1S/C12H13F3N2O2/c1-2-4-10(18)16-8-5-3-6-9(7-8)17-11(19)12(13,14)15/h3,5-7H,2,4H2,1H3,(H,16,18)(H,17,19). The molecule has 0 heterocycles. The summed E-state index contributed by atoms with van der Waals surface area (Å²) < 4.78 is 36.2. The predicted octanol–water partition coefficient (Wildman–Crippen LogP) is 2.93. The maximum Gasteiger partial charge on any atom is 0.471 e. The van der Waals surface area contributed by atoms with Crippen molar-refractivity contribution in [3.05, 3.63) is 24.3 Å². The summed E-state index contributed by atoms with van der Waals surface area (Å²) in [7, 11) is 0. The van der Waals surface area contributed by atoms with Gasteiger partial charge in [0, 0.05) is 17.8 Å². The Labute approximate surface area is 108 Å². The van der Waals surface area contributed by atoms with Crippen LogP contribution in [0.3, 0.4) is 0 Å². The number of rotatable bonds is 4. The Hall–Kier alpha value is -2.05. The molecule has 19 heavy (non-hydrogen) atoms. The molecule has 0 fully saturated rings. The van der Waals surface area contributed by atoms with Crippen LogP contribution in [-0.2, 0) is 9.59 Å². The molecule has 0 bridgehead atoms. The molecule has 0 atom stereocenters. The van der Waals surface area contributed by atoms with E-state index in [0.717, 1.165) is 0 Å². The predicted molar refractivity (Wildman–Crippen MR) is 64.7 cm³/mol. The van der Waals surface area contributed by atoms with Gasteiger partial charge in [-0.25, -0.2) is 0 Å². The molecule has 4 nitrogen and oxygen atoms in total. The summed E-state index contributed by atoms with van der Waals surface area (Å²) in [6.45, 7) is 1.83. The zero-order valence-corrected chi connectivity index (χ0v) is 10.2. The van der Waals surface area contributed by atoms with Crippen molar-refractivity contribution in [2.45, 2.75) is 25.9 Å². The van der Waals surface area contributed by atoms with Gasteiger partial charge in [-0.05, 0) is 24.6 Å². The summed E-state index contributed by atoms with van der Waals surface area (Å²) in [6, 6.07) is 5.53. The molecule has 1 aromatic carbocycles. The minimum atomic E-state index is -4.94. The smallest absolute Gasteiger partial charge is 0.326 e. The first-order valence-electron chi connectivity index (χ1n) is 5.61. The Bertz CT molecular complexity index is 472. The second-order valence-corrected chi connectivity index (χ2v) is 3.83. The van der Waals surface area contributed by atoms with E-state index in [1.165, 1.54) is 24.3 Å². The summed E-state index contributed by atoms with van der Waals surface area (Å²) in [5.74, 6) is -2.29. The van der Waals surface area contributed by atoms with Gasteiger partial charge in [-0.3, -0.25) is 9.59 Å². The van der Waals surface area contributed by atoms with Gasteiger partial charge in [0.1, 0.15) is 0 Å². The Kier molecular flexibility index (Phi) is 4.91.